The van der Waals surface area contributed by atoms with Gasteiger partial charge >= 0.3 is 0 Å². The number of carbonyl (C=O) groups is 1. The first-order chi connectivity index (χ1) is 9.45. The molecule has 1 aromatic rings. The largest absolute Gasteiger partial charge is 0.494 e. The topological polar surface area (TPSA) is 55.6 Å². The van der Waals surface area contributed by atoms with Crippen molar-refractivity contribution in [1.82, 2.24) is 4.90 Å². The van der Waals surface area contributed by atoms with Crippen LogP contribution in [0.2, 0.25) is 0 Å². The minimum atomic E-state index is -0.722. The number of hydrogen-bond acceptors (Lipinski definition) is 3. The molecular formula is C16H24N2O2. The second-order valence-electron chi connectivity index (χ2n) is 5.80. The lowest BCUT2D eigenvalue weighted by molar-refractivity contribution is -0.136. The fraction of sp³-hybridized carbons (Fsp3) is 0.562. The molecule has 2 N–H and O–H groups in total. The third-order valence-electron chi connectivity index (χ3n) is 3.89. The quantitative estimate of drug-likeness (QED) is 0.866. The Labute approximate surface area is 120 Å². The zero-order chi connectivity index (χ0) is 14.8. The van der Waals surface area contributed by atoms with Crippen molar-refractivity contribution in [3.63, 3.8) is 0 Å². The molecule has 0 saturated heterocycles. The normalized spacial score (nSPS) is 17.4. The number of rotatable bonds is 6. The van der Waals surface area contributed by atoms with Crippen LogP contribution in [0.4, 0.5) is 0 Å². The van der Waals surface area contributed by atoms with Gasteiger partial charge in [-0.25, -0.2) is 0 Å². The average molecular weight is 276 g/mol. The van der Waals surface area contributed by atoms with E-state index in [4.69, 9.17) is 10.5 Å². The van der Waals surface area contributed by atoms with Crippen molar-refractivity contribution in [2.75, 3.05) is 13.7 Å². The van der Waals surface area contributed by atoms with E-state index in [1.165, 1.54) is 0 Å². The lowest BCUT2D eigenvalue weighted by atomic mass is 9.95. The van der Waals surface area contributed by atoms with Crippen LogP contribution < -0.4 is 10.5 Å². The van der Waals surface area contributed by atoms with Gasteiger partial charge in [-0.15, -0.1) is 0 Å². The van der Waals surface area contributed by atoms with E-state index < -0.39 is 5.54 Å². The molecule has 20 heavy (non-hydrogen) atoms. The maximum atomic E-state index is 12.4. The molecule has 0 aromatic heterocycles. The van der Waals surface area contributed by atoms with Crippen LogP contribution in [-0.4, -0.2) is 30.0 Å². The molecular weight excluding hydrogens is 252 g/mol. The first-order valence-corrected chi connectivity index (χ1v) is 7.21. The molecule has 1 aliphatic carbocycles. The predicted molar refractivity (Wildman–Crippen MR) is 79.4 cm³/mol. The van der Waals surface area contributed by atoms with E-state index in [1.54, 1.807) is 4.90 Å². The number of nitrogens with two attached hydrogens (primary N) is 1. The molecule has 1 amide bonds. The van der Waals surface area contributed by atoms with Crippen LogP contribution in [0.3, 0.4) is 0 Å². The fourth-order valence-corrected chi connectivity index (χ4v) is 2.47. The summed E-state index contributed by atoms with van der Waals surface area (Å²) < 4.78 is 5.41. The molecule has 110 valence electrons. The lowest BCUT2D eigenvalue weighted by Gasteiger charge is -2.29. The zero-order valence-electron chi connectivity index (χ0n) is 12.6. The Hall–Kier alpha value is -1.55. The monoisotopic (exact) mass is 276 g/mol. The first kappa shape index (κ1) is 14.9. The number of benzene rings is 1. The van der Waals surface area contributed by atoms with Crippen molar-refractivity contribution < 1.29 is 9.53 Å². The molecule has 1 saturated carbocycles. The Morgan fingerprint density at radius 3 is 2.50 bits per heavy atom. The lowest BCUT2D eigenvalue weighted by Crippen LogP contribution is -2.53. The van der Waals surface area contributed by atoms with E-state index in [9.17, 15) is 4.79 Å². The number of nitrogens with zero attached hydrogens (tertiary/aromatic N) is 1. The van der Waals surface area contributed by atoms with Crippen LogP contribution in [0.1, 0.15) is 32.3 Å². The predicted octanol–water partition coefficient (Wildman–Crippen LogP) is 2.17. The van der Waals surface area contributed by atoms with Crippen molar-refractivity contribution in [2.24, 2.45) is 11.7 Å². The van der Waals surface area contributed by atoms with Crippen LogP contribution in [0, 0.1) is 5.92 Å². The summed E-state index contributed by atoms with van der Waals surface area (Å²) in [5.74, 6) is 1.22. The van der Waals surface area contributed by atoms with Crippen LogP contribution in [0.25, 0.3) is 0 Å². The molecule has 1 aromatic carbocycles. The molecule has 4 nitrogen and oxygen atoms in total. The van der Waals surface area contributed by atoms with Gasteiger partial charge in [0.15, 0.2) is 0 Å². The molecule has 2 rings (SSSR count). The molecule has 1 unspecified atom stereocenters. The standard InChI is InChI=1S/C16H24N2O2/c1-4-20-14-9-5-12(6-10-14)11-18(3)15(19)16(2,17)13-7-8-13/h5-6,9-10,13H,4,7-8,11,17H2,1-3H3. The maximum absolute atomic E-state index is 12.4. The summed E-state index contributed by atoms with van der Waals surface area (Å²) in [5.41, 5.74) is 6.53. The van der Waals surface area contributed by atoms with Gasteiger partial charge in [-0.05, 0) is 50.3 Å². The molecule has 1 aliphatic rings. The van der Waals surface area contributed by atoms with E-state index in [-0.39, 0.29) is 5.91 Å². The number of amides is 1. The van der Waals surface area contributed by atoms with Crippen molar-refractivity contribution in [2.45, 2.75) is 38.8 Å². The van der Waals surface area contributed by atoms with E-state index in [2.05, 4.69) is 0 Å². The van der Waals surface area contributed by atoms with Crippen molar-refractivity contribution in [1.29, 1.82) is 0 Å². The van der Waals surface area contributed by atoms with Crippen molar-refractivity contribution in [3.8, 4) is 5.75 Å². The maximum Gasteiger partial charge on any atom is 0.242 e. The van der Waals surface area contributed by atoms with Gasteiger partial charge in [0, 0.05) is 13.6 Å². The molecule has 1 atom stereocenters. The second-order valence-corrected chi connectivity index (χ2v) is 5.80. The Balaban J connectivity index is 1.96. The zero-order valence-corrected chi connectivity index (χ0v) is 12.6. The highest BCUT2D eigenvalue weighted by Crippen LogP contribution is 2.38. The molecule has 0 radical (unpaired) electrons. The summed E-state index contributed by atoms with van der Waals surface area (Å²) >= 11 is 0. The van der Waals surface area contributed by atoms with Gasteiger partial charge in [0.25, 0.3) is 0 Å². The minimum absolute atomic E-state index is 0.0221. The molecule has 0 bridgehead atoms. The summed E-state index contributed by atoms with van der Waals surface area (Å²) in [5, 5.41) is 0. The number of ether oxygens (including phenoxy) is 1. The Bertz CT molecular complexity index is 464. The van der Waals surface area contributed by atoms with Gasteiger partial charge in [0.2, 0.25) is 5.91 Å². The van der Waals surface area contributed by atoms with Crippen molar-refractivity contribution in [3.05, 3.63) is 29.8 Å². The highest BCUT2D eigenvalue weighted by Gasteiger charge is 2.45. The second kappa shape index (κ2) is 5.83. The molecule has 4 heteroatoms. The van der Waals surface area contributed by atoms with E-state index in [0.717, 1.165) is 24.2 Å². The van der Waals surface area contributed by atoms with Crippen LogP contribution in [-0.2, 0) is 11.3 Å². The highest BCUT2D eigenvalue weighted by molar-refractivity contribution is 5.86. The van der Waals surface area contributed by atoms with E-state index in [0.29, 0.717) is 19.1 Å². The Kier molecular flexibility index (Phi) is 4.33. The summed E-state index contributed by atoms with van der Waals surface area (Å²) in [4.78, 5) is 14.1. The first-order valence-electron chi connectivity index (χ1n) is 7.21. The number of carbonyl (C=O) groups excluding carboxylic acids is 1. The summed E-state index contributed by atoms with van der Waals surface area (Å²) in [6, 6.07) is 7.83. The van der Waals surface area contributed by atoms with Gasteiger partial charge < -0.3 is 15.4 Å². The third-order valence-corrected chi connectivity index (χ3v) is 3.89. The van der Waals surface area contributed by atoms with Gasteiger partial charge in [0.1, 0.15) is 5.75 Å². The fourth-order valence-electron chi connectivity index (χ4n) is 2.47. The third kappa shape index (κ3) is 3.31. The molecule has 1 fully saturated rings. The minimum Gasteiger partial charge on any atom is -0.494 e. The SMILES string of the molecule is CCOc1ccc(CN(C)C(=O)C(C)(N)C2CC2)cc1. The van der Waals surface area contributed by atoms with Crippen LogP contribution >= 0.6 is 0 Å². The molecule has 0 aliphatic heterocycles. The van der Waals surface area contributed by atoms with Gasteiger partial charge in [-0.1, -0.05) is 12.1 Å². The average Bonchev–Trinajstić information content (AvgIpc) is 3.25. The highest BCUT2D eigenvalue weighted by atomic mass is 16.5. The number of likely N-dealkylation sites (N-methyl/N-ethyl adjacent to an activating group) is 1. The summed E-state index contributed by atoms with van der Waals surface area (Å²) in [6.45, 7) is 5.04. The smallest absolute Gasteiger partial charge is 0.242 e. The van der Waals surface area contributed by atoms with Gasteiger partial charge in [0.05, 0.1) is 12.1 Å². The van der Waals surface area contributed by atoms with Crippen LogP contribution in [0.5, 0.6) is 5.75 Å². The number of hydrogen-bond donors (Lipinski definition) is 1. The Morgan fingerprint density at radius 1 is 1.40 bits per heavy atom. The molecule has 0 spiro atoms. The summed E-state index contributed by atoms with van der Waals surface area (Å²) in [6.07, 6.45) is 2.13. The van der Waals surface area contributed by atoms with Gasteiger partial charge in [-0.2, -0.15) is 0 Å². The van der Waals surface area contributed by atoms with Crippen molar-refractivity contribution >= 4 is 5.91 Å². The molecule has 0 heterocycles. The Morgan fingerprint density at radius 2 is 2.00 bits per heavy atom. The summed E-state index contributed by atoms with van der Waals surface area (Å²) in [7, 11) is 1.81. The van der Waals surface area contributed by atoms with E-state index >= 15 is 0 Å². The van der Waals surface area contributed by atoms with Crippen LogP contribution in [0.15, 0.2) is 24.3 Å². The van der Waals surface area contributed by atoms with Gasteiger partial charge in [-0.3, -0.25) is 4.79 Å². The van der Waals surface area contributed by atoms with E-state index in [1.807, 2.05) is 45.2 Å².